The van der Waals surface area contributed by atoms with E-state index >= 15 is 0 Å². The molecule has 5 atom stereocenters. The van der Waals surface area contributed by atoms with E-state index < -0.39 is 0 Å². The third kappa shape index (κ3) is 2.42. The topological polar surface area (TPSA) is 12.0 Å². The second-order valence-electron chi connectivity index (χ2n) is 7.54. The minimum atomic E-state index is -0.121. The highest BCUT2D eigenvalue weighted by atomic mass is 19.1. The molecular weight excluding hydrogens is 261 g/mol. The Morgan fingerprint density at radius 2 is 2.00 bits per heavy atom. The van der Waals surface area contributed by atoms with Crippen LogP contribution in [-0.4, -0.2) is 12.6 Å². The molecule has 1 aromatic carbocycles. The average Bonchev–Trinajstić information content (AvgIpc) is 3.12. The summed E-state index contributed by atoms with van der Waals surface area (Å²) in [6.45, 7) is 3.05. The van der Waals surface area contributed by atoms with Crippen molar-refractivity contribution in [3.05, 3.63) is 35.1 Å². The number of rotatable bonds is 4. The third-order valence-corrected chi connectivity index (χ3v) is 6.53. The van der Waals surface area contributed by atoms with Crippen molar-refractivity contribution < 1.29 is 4.39 Å². The fraction of sp³-hybridized carbons (Fsp3) is 0.684. The van der Waals surface area contributed by atoms with Gasteiger partial charge in [0.15, 0.2) is 0 Å². The van der Waals surface area contributed by atoms with Crippen LogP contribution < -0.4 is 5.32 Å². The van der Waals surface area contributed by atoms with Crippen LogP contribution in [0, 0.1) is 36.4 Å². The number of nitrogens with one attached hydrogen (secondary N) is 1. The van der Waals surface area contributed by atoms with Crippen molar-refractivity contribution >= 4 is 0 Å². The summed E-state index contributed by atoms with van der Waals surface area (Å²) < 4.78 is 13.1. The Hall–Kier alpha value is -0.890. The van der Waals surface area contributed by atoms with Crippen molar-refractivity contribution in [2.75, 3.05) is 6.54 Å². The van der Waals surface area contributed by atoms with Crippen molar-refractivity contribution in [2.24, 2.45) is 23.7 Å². The summed E-state index contributed by atoms with van der Waals surface area (Å²) in [5, 5.41) is 3.82. The molecule has 1 nitrogen and oxygen atoms in total. The Balaban J connectivity index is 1.32. The maximum Gasteiger partial charge on any atom is 0.123 e. The molecule has 3 saturated carbocycles. The van der Waals surface area contributed by atoms with E-state index in [1.165, 1.54) is 37.7 Å². The van der Waals surface area contributed by atoms with Crippen LogP contribution >= 0.6 is 0 Å². The SMILES string of the molecule is Cc1cc(F)ccc1CCNC1CC2CC1C1CCCC21. The van der Waals surface area contributed by atoms with Crippen molar-refractivity contribution in [3.8, 4) is 0 Å². The van der Waals surface area contributed by atoms with Gasteiger partial charge in [0, 0.05) is 6.04 Å². The molecule has 114 valence electrons. The highest BCUT2D eigenvalue weighted by Gasteiger charge is 2.53. The molecule has 5 unspecified atom stereocenters. The van der Waals surface area contributed by atoms with E-state index in [1.807, 2.05) is 13.0 Å². The summed E-state index contributed by atoms with van der Waals surface area (Å²) in [4.78, 5) is 0. The Morgan fingerprint density at radius 1 is 1.14 bits per heavy atom. The Labute approximate surface area is 127 Å². The molecule has 0 spiro atoms. The van der Waals surface area contributed by atoms with Crippen LogP contribution in [0.2, 0.25) is 0 Å². The molecule has 0 amide bonds. The summed E-state index contributed by atoms with van der Waals surface area (Å²) in [6.07, 6.45) is 8.39. The first-order valence-electron chi connectivity index (χ1n) is 8.71. The summed E-state index contributed by atoms with van der Waals surface area (Å²) in [5.41, 5.74) is 2.37. The Bertz CT molecular complexity index is 526. The quantitative estimate of drug-likeness (QED) is 0.879. The summed E-state index contributed by atoms with van der Waals surface area (Å²) >= 11 is 0. The van der Waals surface area contributed by atoms with Crippen LogP contribution in [0.15, 0.2) is 18.2 Å². The molecule has 0 heterocycles. The van der Waals surface area contributed by atoms with Crippen molar-refractivity contribution in [1.82, 2.24) is 5.32 Å². The van der Waals surface area contributed by atoms with Crippen molar-refractivity contribution in [1.29, 1.82) is 0 Å². The largest absolute Gasteiger partial charge is 0.313 e. The molecule has 0 saturated heterocycles. The zero-order valence-electron chi connectivity index (χ0n) is 12.9. The minimum absolute atomic E-state index is 0.121. The molecule has 3 aliphatic carbocycles. The molecule has 1 N–H and O–H groups in total. The molecule has 3 aliphatic rings. The van der Waals surface area contributed by atoms with Gasteiger partial charge >= 0.3 is 0 Å². The molecule has 0 radical (unpaired) electrons. The smallest absolute Gasteiger partial charge is 0.123 e. The number of benzene rings is 1. The Kier molecular flexibility index (Phi) is 3.53. The van der Waals surface area contributed by atoms with E-state index in [0.29, 0.717) is 0 Å². The fourth-order valence-corrected chi connectivity index (χ4v) is 5.63. The van der Waals surface area contributed by atoms with Gasteiger partial charge in [-0.2, -0.15) is 0 Å². The van der Waals surface area contributed by atoms with Gasteiger partial charge in [-0.3, -0.25) is 0 Å². The number of hydrogen-bond acceptors (Lipinski definition) is 1. The van der Waals surface area contributed by atoms with E-state index in [1.54, 1.807) is 12.1 Å². The van der Waals surface area contributed by atoms with Crippen LogP contribution in [0.4, 0.5) is 4.39 Å². The third-order valence-electron chi connectivity index (χ3n) is 6.53. The summed E-state index contributed by atoms with van der Waals surface area (Å²) in [5.74, 6) is 3.97. The van der Waals surface area contributed by atoms with Gasteiger partial charge in [-0.05, 0) is 92.5 Å². The summed E-state index contributed by atoms with van der Waals surface area (Å²) in [7, 11) is 0. The van der Waals surface area contributed by atoms with E-state index in [9.17, 15) is 4.39 Å². The van der Waals surface area contributed by atoms with Crippen LogP contribution in [-0.2, 0) is 6.42 Å². The molecule has 2 bridgehead atoms. The highest BCUT2D eigenvalue weighted by Crippen LogP contribution is 2.58. The van der Waals surface area contributed by atoms with Gasteiger partial charge in [-0.25, -0.2) is 4.39 Å². The summed E-state index contributed by atoms with van der Waals surface area (Å²) in [6, 6.07) is 5.94. The monoisotopic (exact) mass is 287 g/mol. The fourth-order valence-electron chi connectivity index (χ4n) is 5.63. The average molecular weight is 287 g/mol. The van der Waals surface area contributed by atoms with Gasteiger partial charge in [-0.15, -0.1) is 0 Å². The molecule has 3 fully saturated rings. The normalized spacial score (nSPS) is 37.1. The lowest BCUT2D eigenvalue weighted by molar-refractivity contribution is 0.209. The van der Waals surface area contributed by atoms with Crippen LogP contribution in [0.25, 0.3) is 0 Å². The van der Waals surface area contributed by atoms with Gasteiger partial charge < -0.3 is 5.32 Å². The van der Waals surface area contributed by atoms with Gasteiger partial charge in [0.25, 0.3) is 0 Å². The standard InChI is InChI=1S/C19H26FN/c1-12-9-15(20)6-5-13(12)7-8-21-19-11-14-10-18(19)17-4-2-3-16(14)17/h5-6,9,14,16-19,21H,2-4,7-8,10-11H2,1H3. The second-order valence-corrected chi connectivity index (χ2v) is 7.54. The van der Waals surface area contributed by atoms with Crippen molar-refractivity contribution in [3.63, 3.8) is 0 Å². The van der Waals surface area contributed by atoms with E-state index in [4.69, 9.17) is 0 Å². The molecule has 2 heteroatoms. The first kappa shape index (κ1) is 13.8. The maximum atomic E-state index is 13.1. The van der Waals surface area contributed by atoms with Gasteiger partial charge in [0.1, 0.15) is 5.82 Å². The second kappa shape index (κ2) is 5.39. The number of aryl methyl sites for hydroxylation is 1. The zero-order chi connectivity index (χ0) is 14.4. The van der Waals surface area contributed by atoms with Crippen molar-refractivity contribution in [2.45, 2.75) is 51.5 Å². The maximum absolute atomic E-state index is 13.1. The first-order chi connectivity index (χ1) is 10.2. The lowest BCUT2D eigenvalue weighted by Crippen LogP contribution is -2.40. The number of halogens is 1. The van der Waals surface area contributed by atoms with Gasteiger partial charge in [-0.1, -0.05) is 12.5 Å². The van der Waals surface area contributed by atoms with Gasteiger partial charge in [0.2, 0.25) is 0 Å². The molecule has 1 aromatic rings. The van der Waals surface area contributed by atoms with E-state index in [2.05, 4.69) is 5.32 Å². The molecule has 0 aromatic heterocycles. The Morgan fingerprint density at radius 3 is 2.86 bits per heavy atom. The van der Waals surface area contributed by atoms with Crippen LogP contribution in [0.1, 0.15) is 43.2 Å². The van der Waals surface area contributed by atoms with E-state index in [0.717, 1.165) is 48.2 Å². The molecule has 0 aliphatic heterocycles. The number of fused-ring (bicyclic) bond motifs is 5. The molecular formula is C19H26FN. The highest BCUT2D eigenvalue weighted by molar-refractivity contribution is 5.26. The zero-order valence-corrected chi connectivity index (χ0v) is 12.9. The first-order valence-corrected chi connectivity index (χ1v) is 8.71. The number of hydrogen-bond donors (Lipinski definition) is 1. The molecule has 4 rings (SSSR count). The van der Waals surface area contributed by atoms with Crippen LogP contribution in [0.3, 0.4) is 0 Å². The predicted octanol–water partition coefficient (Wildman–Crippen LogP) is 4.09. The lowest BCUT2D eigenvalue weighted by atomic mass is 9.79. The lowest BCUT2D eigenvalue weighted by Gasteiger charge is -2.32. The van der Waals surface area contributed by atoms with E-state index in [-0.39, 0.29) is 5.82 Å². The molecule has 21 heavy (non-hydrogen) atoms. The van der Waals surface area contributed by atoms with Gasteiger partial charge in [0.05, 0.1) is 0 Å². The minimum Gasteiger partial charge on any atom is -0.313 e. The van der Waals surface area contributed by atoms with Crippen LogP contribution in [0.5, 0.6) is 0 Å². The predicted molar refractivity (Wildman–Crippen MR) is 83.7 cm³/mol.